The lowest BCUT2D eigenvalue weighted by Crippen LogP contribution is -2.01. The van der Waals surface area contributed by atoms with E-state index in [-0.39, 0.29) is 11.7 Å². The molecule has 0 aliphatic heterocycles. The first kappa shape index (κ1) is 12.6. The smallest absolute Gasteiger partial charge is 0.123 e. The Hall–Kier alpha value is -1.85. The Kier molecular flexibility index (Phi) is 3.96. The first-order valence-corrected chi connectivity index (χ1v) is 5.97. The summed E-state index contributed by atoms with van der Waals surface area (Å²) < 4.78 is 13.1. The van der Waals surface area contributed by atoms with E-state index in [9.17, 15) is 9.65 Å². The van der Waals surface area contributed by atoms with Crippen LogP contribution in [0.5, 0.6) is 0 Å². The molecule has 2 aromatic rings. The van der Waals surface area contributed by atoms with Gasteiger partial charge in [0.2, 0.25) is 0 Å². The van der Waals surface area contributed by atoms with Gasteiger partial charge >= 0.3 is 0 Å². The van der Waals surface area contributed by atoms with Crippen LogP contribution in [-0.2, 0) is 6.42 Å². The summed E-state index contributed by atoms with van der Waals surface area (Å²) in [5.41, 5.74) is 1.58. The fraction of sp³-hybridized carbons (Fsp3) is 0.133. The number of nitriles is 1. The van der Waals surface area contributed by atoms with Crippen molar-refractivity contribution in [2.24, 2.45) is 0 Å². The van der Waals surface area contributed by atoms with Crippen molar-refractivity contribution in [3.05, 3.63) is 70.5 Å². The topological polar surface area (TPSA) is 23.8 Å². The van der Waals surface area contributed by atoms with Crippen molar-refractivity contribution >= 4 is 11.6 Å². The number of hydrogen-bond acceptors (Lipinski definition) is 1. The van der Waals surface area contributed by atoms with E-state index in [2.05, 4.69) is 6.07 Å². The molecular formula is C15H11ClFN. The van der Waals surface area contributed by atoms with E-state index in [0.29, 0.717) is 11.4 Å². The molecule has 0 aromatic heterocycles. The second-order valence-corrected chi connectivity index (χ2v) is 4.44. The molecule has 0 amide bonds. The van der Waals surface area contributed by atoms with Crippen LogP contribution in [-0.4, -0.2) is 0 Å². The predicted octanol–water partition coefficient (Wildman–Crippen LogP) is 4.33. The highest BCUT2D eigenvalue weighted by Gasteiger charge is 2.14. The Bertz CT molecular complexity index is 589. The van der Waals surface area contributed by atoms with Gasteiger partial charge in [0.15, 0.2) is 0 Å². The Morgan fingerprint density at radius 1 is 1.17 bits per heavy atom. The number of rotatable bonds is 3. The Morgan fingerprint density at radius 3 is 2.61 bits per heavy atom. The van der Waals surface area contributed by atoms with Gasteiger partial charge in [-0.2, -0.15) is 5.26 Å². The highest BCUT2D eigenvalue weighted by molar-refractivity contribution is 6.31. The molecule has 2 aromatic carbocycles. The van der Waals surface area contributed by atoms with Gasteiger partial charge in [-0.25, -0.2) is 4.39 Å². The van der Waals surface area contributed by atoms with Gasteiger partial charge in [-0.3, -0.25) is 0 Å². The standard InChI is InChI=1S/C15H11ClFN/c16-15-7-2-1-6-14(15)12(10-18)8-11-4-3-5-13(17)9-11/h1-7,9,12H,8H2. The molecule has 0 bridgehead atoms. The SMILES string of the molecule is N#CC(Cc1cccc(F)c1)c1ccccc1Cl. The van der Waals surface area contributed by atoms with Crippen LogP contribution in [0.2, 0.25) is 5.02 Å². The largest absolute Gasteiger partial charge is 0.207 e. The number of nitrogens with zero attached hydrogens (tertiary/aromatic N) is 1. The highest BCUT2D eigenvalue weighted by atomic mass is 35.5. The zero-order valence-corrected chi connectivity index (χ0v) is 10.4. The Balaban J connectivity index is 2.26. The van der Waals surface area contributed by atoms with Gasteiger partial charge in [-0.05, 0) is 35.7 Å². The van der Waals surface area contributed by atoms with Gasteiger partial charge in [0.25, 0.3) is 0 Å². The maximum atomic E-state index is 13.1. The van der Waals surface area contributed by atoms with Crippen LogP contribution < -0.4 is 0 Å². The van der Waals surface area contributed by atoms with Crippen molar-refractivity contribution in [1.82, 2.24) is 0 Å². The van der Waals surface area contributed by atoms with E-state index in [1.165, 1.54) is 12.1 Å². The van der Waals surface area contributed by atoms with Crippen LogP contribution in [0.1, 0.15) is 17.0 Å². The molecule has 18 heavy (non-hydrogen) atoms. The van der Waals surface area contributed by atoms with Gasteiger partial charge in [0.1, 0.15) is 5.82 Å². The average Bonchev–Trinajstić information content (AvgIpc) is 2.37. The fourth-order valence-electron chi connectivity index (χ4n) is 1.88. The van der Waals surface area contributed by atoms with E-state index >= 15 is 0 Å². The van der Waals surface area contributed by atoms with Crippen molar-refractivity contribution in [1.29, 1.82) is 5.26 Å². The first-order valence-electron chi connectivity index (χ1n) is 5.59. The maximum Gasteiger partial charge on any atom is 0.123 e. The summed E-state index contributed by atoms with van der Waals surface area (Å²) in [5.74, 6) is -0.649. The van der Waals surface area contributed by atoms with Crippen molar-refractivity contribution in [2.45, 2.75) is 12.3 Å². The molecule has 1 unspecified atom stereocenters. The molecule has 0 radical (unpaired) electrons. The van der Waals surface area contributed by atoms with E-state index in [1.807, 2.05) is 24.3 Å². The van der Waals surface area contributed by atoms with Crippen LogP contribution in [0.15, 0.2) is 48.5 Å². The first-order chi connectivity index (χ1) is 8.70. The lowest BCUT2D eigenvalue weighted by Gasteiger charge is -2.11. The fourth-order valence-corrected chi connectivity index (χ4v) is 2.15. The maximum absolute atomic E-state index is 13.1. The van der Waals surface area contributed by atoms with Gasteiger partial charge < -0.3 is 0 Å². The normalized spacial score (nSPS) is 11.8. The van der Waals surface area contributed by atoms with Crippen LogP contribution in [0.3, 0.4) is 0 Å². The predicted molar refractivity (Wildman–Crippen MR) is 69.9 cm³/mol. The minimum atomic E-state index is -0.361. The van der Waals surface area contributed by atoms with Crippen molar-refractivity contribution < 1.29 is 4.39 Å². The quantitative estimate of drug-likeness (QED) is 0.805. The van der Waals surface area contributed by atoms with Gasteiger partial charge in [-0.1, -0.05) is 41.9 Å². The lowest BCUT2D eigenvalue weighted by molar-refractivity contribution is 0.624. The molecule has 0 saturated carbocycles. The van der Waals surface area contributed by atoms with Gasteiger partial charge in [0, 0.05) is 5.02 Å². The minimum Gasteiger partial charge on any atom is -0.207 e. The molecule has 0 spiro atoms. The molecule has 3 heteroatoms. The summed E-state index contributed by atoms with van der Waals surface area (Å²) in [4.78, 5) is 0. The summed E-state index contributed by atoms with van der Waals surface area (Å²) in [6, 6.07) is 15.8. The number of hydrogen-bond donors (Lipinski definition) is 0. The number of benzene rings is 2. The summed E-state index contributed by atoms with van der Waals surface area (Å²) in [6.07, 6.45) is 0.456. The molecule has 90 valence electrons. The van der Waals surface area contributed by atoms with Gasteiger partial charge in [-0.15, -0.1) is 0 Å². The third kappa shape index (κ3) is 2.88. The molecule has 0 heterocycles. The van der Waals surface area contributed by atoms with E-state index in [1.54, 1.807) is 12.1 Å². The van der Waals surface area contributed by atoms with Crippen LogP contribution in [0, 0.1) is 17.1 Å². The Morgan fingerprint density at radius 2 is 1.94 bits per heavy atom. The van der Waals surface area contributed by atoms with Crippen LogP contribution >= 0.6 is 11.6 Å². The highest BCUT2D eigenvalue weighted by Crippen LogP contribution is 2.27. The molecule has 0 N–H and O–H groups in total. The van der Waals surface area contributed by atoms with E-state index in [0.717, 1.165) is 11.1 Å². The summed E-state index contributed by atoms with van der Waals surface area (Å²) >= 11 is 6.07. The number of halogens is 2. The van der Waals surface area contributed by atoms with E-state index < -0.39 is 0 Å². The Labute approximate surface area is 110 Å². The van der Waals surface area contributed by atoms with Crippen molar-refractivity contribution in [3.8, 4) is 6.07 Å². The molecule has 0 fully saturated rings. The molecule has 2 rings (SSSR count). The summed E-state index contributed by atoms with van der Waals surface area (Å²) in [6.45, 7) is 0. The minimum absolute atomic E-state index is 0.289. The second-order valence-electron chi connectivity index (χ2n) is 4.04. The van der Waals surface area contributed by atoms with Gasteiger partial charge in [0.05, 0.1) is 12.0 Å². The zero-order chi connectivity index (χ0) is 13.0. The van der Waals surface area contributed by atoms with Crippen LogP contribution in [0.4, 0.5) is 4.39 Å². The second kappa shape index (κ2) is 5.66. The van der Waals surface area contributed by atoms with Crippen molar-refractivity contribution in [2.75, 3.05) is 0 Å². The molecular weight excluding hydrogens is 249 g/mol. The van der Waals surface area contributed by atoms with Crippen molar-refractivity contribution in [3.63, 3.8) is 0 Å². The molecule has 0 aliphatic rings. The molecule has 0 saturated heterocycles. The average molecular weight is 260 g/mol. The monoisotopic (exact) mass is 259 g/mol. The molecule has 1 atom stereocenters. The molecule has 0 aliphatic carbocycles. The summed E-state index contributed by atoms with van der Waals surface area (Å²) in [5, 5.41) is 9.80. The lowest BCUT2D eigenvalue weighted by atomic mass is 9.93. The molecule has 1 nitrogen and oxygen atoms in total. The third-order valence-electron chi connectivity index (χ3n) is 2.77. The van der Waals surface area contributed by atoms with E-state index in [4.69, 9.17) is 11.6 Å². The third-order valence-corrected chi connectivity index (χ3v) is 3.11. The zero-order valence-electron chi connectivity index (χ0n) is 9.61. The van der Waals surface area contributed by atoms with Crippen LogP contribution in [0.25, 0.3) is 0 Å². The summed E-state index contributed by atoms with van der Waals surface area (Å²) in [7, 11) is 0.